The van der Waals surface area contributed by atoms with Crippen LogP contribution in [0.25, 0.3) is 0 Å². The summed E-state index contributed by atoms with van der Waals surface area (Å²) in [6, 6.07) is 0. The Balaban J connectivity index is 2.40. The van der Waals surface area contributed by atoms with Crippen molar-refractivity contribution in [1.82, 2.24) is 15.6 Å². The fourth-order valence-electron chi connectivity index (χ4n) is 1.77. The number of aliphatic imine (C=N–C) groups is 1. The average Bonchev–Trinajstić information content (AvgIpc) is 2.92. The van der Waals surface area contributed by atoms with Gasteiger partial charge in [-0.15, -0.1) is 11.3 Å². The molecule has 6 heteroatoms. The summed E-state index contributed by atoms with van der Waals surface area (Å²) in [6.07, 6.45) is 0.913. The predicted molar refractivity (Wildman–Crippen MR) is 95.0 cm³/mol. The number of thiazole rings is 1. The molecule has 0 aliphatic carbocycles. The van der Waals surface area contributed by atoms with E-state index in [-0.39, 0.29) is 5.41 Å². The maximum Gasteiger partial charge on any atom is 0.191 e. The van der Waals surface area contributed by atoms with Gasteiger partial charge in [-0.05, 0) is 13.8 Å². The number of hydrogen-bond acceptors (Lipinski definition) is 4. The number of nitrogens with zero attached hydrogens (tertiary/aromatic N) is 2. The van der Waals surface area contributed by atoms with Crippen molar-refractivity contribution in [1.29, 1.82) is 0 Å². The molecular formula is C16H30N4OS. The lowest BCUT2D eigenvalue weighted by atomic mass is 9.93. The van der Waals surface area contributed by atoms with Crippen LogP contribution < -0.4 is 10.6 Å². The van der Waals surface area contributed by atoms with Crippen molar-refractivity contribution in [2.45, 2.75) is 46.5 Å². The summed E-state index contributed by atoms with van der Waals surface area (Å²) < 4.78 is 5.30. The third-order valence-electron chi connectivity index (χ3n) is 3.01. The zero-order valence-corrected chi connectivity index (χ0v) is 15.3. The number of nitrogens with one attached hydrogen (secondary N) is 2. The van der Waals surface area contributed by atoms with Crippen molar-refractivity contribution < 1.29 is 4.74 Å². The van der Waals surface area contributed by atoms with E-state index in [4.69, 9.17) is 9.72 Å². The first-order valence-corrected chi connectivity index (χ1v) is 8.90. The Hall–Kier alpha value is -1.14. The van der Waals surface area contributed by atoms with Crippen LogP contribution in [0.4, 0.5) is 0 Å². The van der Waals surface area contributed by atoms with Crippen molar-refractivity contribution >= 4 is 17.3 Å². The second-order valence-electron chi connectivity index (χ2n) is 6.01. The Morgan fingerprint density at radius 3 is 2.68 bits per heavy atom. The lowest BCUT2D eigenvalue weighted by Gasteiger charge is -2.14. The molecule has 0 fully saturated rings. The molecular weight excluding hydrogens is 296 g/mol. The molecule has 5 nitrogen and oxygen atoms in total. The second-order valence-corrected chi connectivity index (χ2v) is 6.95. The Morgan fingerprint density at radius 2 is 2.09 bits per heavy atom. The molecule has 1 rings (SSSR count). The highest BCUT2D eigenvalue weighted by molar-refractivity contribution is 7.09. The van der Waals surface area contributed by atoms with Gasteiger partial charge in [-0.1, -0.05) is 20.8 Å². The van der Waals surface area contributed by atoms with Crippen molar-refractivity contribution in [3.63, 3.8) is 0 Å². The maximum atomic E-state index is 5.30. The van der Waals surface area contributed by atoms with E-state index >= 15 is 0 Å². The standard InChI is InChI=1S/C16H30N4OS/c1-6-17-15(19-10-11-21-7-2)18-9-8-14-20-13(12-22-14)16(3,4)5/h12H,6-11H2,1-5H3,(H2,17,18,19). The van der Waals surface area contributed by atoms with Crippen LogP contribution in [0, 0.1) is 0 Å². The van der Waals surface area contributed by atoms with E-state index in [1.54, 1.807) is 11.3 Å². The minimum Gasteiger partial charge on any atom is -0.380 e. The third-order valence-corrected chi connectivity index (χ3v) is 3.91. The molecule has 0 spiro atoms. The van der Waals surface area contributed by atoms with Crippen LogP contribution in [0.2, 0.25) is 0 Å². The van der Waals surface area contributed by atoms with Crippen LogP contribution in [0.5, 0.6) is 0 Å². The van der Waals surface area contributed by atoms with Gasteiger partial charge in [0.05, 0.1) is 23.9 Å². The number of aromatic nitrogens is 1. The largest absolute Gasteiger partial charge is 0.380 e. The third kappa shape index (κ3) is 7.22. The summed E-state index contributed by atoms with van der Waals surface area (Å²) in [5, 5.41) is 9.92. The van der Waals surface area contributed by atoms with Crippen LogP contribution >= 0.6 is 11.3 Å². The molecule has 0 aliphatic rings. The van der Waals surface area contributed by atoms with Crippen molar-refractivity contribution in [2.75, 3.05) is 32.8 Å². The molecule has 0 saturated heterocycles. The minimum atomic E-state index is 0.123. The predicted octanol–water partition coefficient (Wildman–Crippen LogP) is 2.57. The highest BCUT2D eigenvalue weighted by atomic mass is 32.1. The van der Waals surface area contributed by atoms with Gasteiger partial charge in [0.1, 0.15) is 0 Å². The lowest BCUT2D eigenvalue weighted by Crippen LogP contribution is -2.38. The normalized spacial score (nSPS) is 12.5. The molecule has 0 aliphatic heterocycles. The molecule has 2 N–H and O–H groups in total. The first-order valence-electron chi connectivity index (χ1n) is 8.02. The Kier molecular flexibility index (Phi) is 8.42. The van der Waals surface area contributed by atoms with Gasteiger partial charge >= 0.3 is 0 Å². The first kappa shape index (κ1) is 18.9. The van der Waals surface area contributed by atoms with Gasteiger partial charge in [0.2, 0.25) is 0 Å². The van der Waals surface area contributed by atoms with Crippen LogP contribution in [0.15, 0.2) is 10.4 Å². The molecule has 1 heterocycles. The quantitative estimate of drug-likeness (QED) is 0.438. The molecule has 0 aromatic carbocycles. The summed E-state index contributed by atoms with van der Waals surface area (Å²) in [5.41, 5.74) is 1.29. The first-order chi connectivity index (χ1) is 10.5. The molecule has 0 amide bonds. The summed E-state index contributed by atoms with van der Waals surface area (Å²) in [7, 11) is 0. The topological polar surface area (TPSA) is 58.5 Å². The Morgan fingerprint density at radius 1 is 1.32 bits per heavy atom. The van der Waals surface area contributed by atoms with E-state index < -0.39 is 0 Å². The van der Waals surface area contributed by atoms with Gasteiger partial charge in [0, 0.05) is 36.9 Å². The van der Waals surface area contributed by atoms with Gasteiger partial charge in [-0.25, -0.2) is 4.98 Å². The molecule has 0 saturated carbocycles. The van der Waals surface area contributed by atoms with Crippen molar-refractivity contribution in [3.05, 3.63) is 16.1 Å². The smallest absolute Gasteiger partial charge is 0.191 e. The van der Waals surface area contributed by atoms with Crippen LogP contribution in [-0.2, 0) is 16.6 Å². The SMILES string of the molecule is CCNC(=NCCOCC)NCCc1nc(C(C)(C)C)cs1. The molecule has 0 radical (unpaired) electrons. The summed E-state index contributed by atoms with van der Waals surface area (Å²) >= 11 is 1.73. The number of rotatable bonds is 8. The van der Waals surface area contributed by atoms with Crippen molar-refractivity contribution in [3.8, 4) is 0 Å². The summed E-state index contributed by atoms with van der Waals surface area (Å²) in [6.45, 7) is 14.4. The van der Waals surface area contributed by atoms with Crippen molar-refractivity contribution in [2.24, 2.45) is 4.99 Å². The van der Waals surface area contributed by atoms with Gasteiger partial charge in [-0.3, -0.25) is 4.99 Å². The zero-order chi connectivity index (χ0) is 16.4. The molecule has 0 unspecified atom stereocenters. The molecule has 1 aromatic heterocycles. The van der Waals surface area contributed by atoms with Gasteiger partial charge in [0.25, 0.3) is 0 Å². The van der Waals surface area contributed by atoms with Crippen LogP contribution in [0.1, 0.15) is 45.3 Å². The number of guanidine groups is 1. The van der Waals surface area contributed by atoms with E-state index in [1.807, 2.05) is 6.92 Å². The molecule has 22 heavy (non-hydrogen) atoms. The van der Waals surface area contributed by atoms with Crippen LogP contribution in [-0.4, -0.2) is 43.8 Å². The summed E-state index contributed by atoms with van der Waals surface area (Å²) in [4.78, 5) is 9.19. The van der Waals surface area contributed by atoms with Crippen LogP contribution in [0.3, 0.4) is 0 Å². The van der Waals surface area contributed by atoms with E-state index in [0.717, 1.165) is 32.1 Å². The number of hydrogen-bond donors (Lipinski definition) is 2. The monoisotopic (exact) mass is 326 g/mol. The molecule has 0 atom stereocenters. The molecule has 1 aromatic rings. The molecule has 0 bridgehead atoms. The number of ether oxygens (including phenoxy) is 1. The van der Waals surface area contributed by atoms with E-state index in [2.05, 4.69) is 48.7 Å². The summed E-state index contributed by atoms with van der Waals surface area (Å²) in [5.74, 6) is 0.842. The Labute approximate surface area is 138 Å². The average molecular weight is 327 g/mol. The highest BCUT2D eigenvalue weighted by Crippen LogP contribution is 2.23. The maximum absolute atomic E-state index is 5.30. The van der Waals surface area contributed by atoms with E-state index in [9.17, 15) is 0 Å². The van der Waals surface area contributed by atoms with Gasteiger partial charge < -0.3 is 15.4 Å². The fourth-order valence-corrected chi connectivity index (χ4v) is 2.79. The lowest BCUT2D eigenvalue weighted by molar-refractivity contribution is 0.155. The zero-order valence-electron chi connectivity index (χ0n) is 14.5. The van der Waals surface area contributed by atoms with E-state index in [0.29, 0.717) is 13.2 Å². The van der Waals surface area contributed by atoms with Gasteiger partial charge in [0.15, 0.2) is 5.96 Å². The minimum absolute atomic E-state index is 0.123. The molecule has 126 valence electrons. The highest BCUT2D eigenvalue weighted by Gasteiger charge is 2.17. The van der Waals surface area contributed by atoms with E-state index in [1.165, 1.54) is 10.7 Å². The Bertz CT molecular complexity index is 451. The second kappa shape index (κ2) is 9.79. The fraction of sp³-hybridized carbons (Fsp3) is 0.750. The van der Waals surface area contributed by atoms with Gasteiger partial charge in [-0.2, -0.15) is 0 Å².